The van der Waals surface area contributed by atoms with Crippen LogP contribution in [0.2, 0.25) is 0 Å². The van der Waals surface area contributed by atoms with Crippen LogP contribution in [0.5, 0.6) is 0 Å². The Bertz CT molecular complexity index is 1480. The van der Waals surface area contributed by atoms with Crippen molar-refractivity contribution in [1.82, 2.24) is 0 Å². The summed E-state index contributed by atoms with van der Waals surface area (Å²) < 4.78 is 0. The molecule has 1 heteroatoms. The Balaban J connectivity index is 1.30. The molecule has 1 nitrogen and oxygen atoms in total. The molecule has 0 heterocycles. The van der Waals surface area contributed by atoms with Crippen molar-refractivity contribution in [3.63, 3.8) is 0 Å². The van der Waals surface area contributed by atoms with Gasteiger partial charge >= 0.3 is 0 Å². The Morgan fingerprint density at radius 3 is 2.32 bits per heavy atom. The van der Waals surface area contributed by atoms with Crippen molar-refractivity contribution in [1.29, 1.82) is 0 Å². The second-order valence-electron chi connectivity index (χ2n) is 12.2. The molecule has 4 unspecified atom stereocenters. The van der Waals surface area contributed by atoms with Gasteiger partial charge in [-0.3, -0.25) is 0 Å². The Kier molecular flexibility index (Phi) is 4.75. The van der Waals surface area contributed by atoms with Gasteiger partial charge in [-0.1, -0.05) is 98.1 Å². The van der Waals surface area contributed by atoms with Gasteiger partial charge in [0.25, 0.3) is 0 Å². The largest absolute Gasteiger partial charge is 0.355 e. The molecule has 4 atom stereocenters. The normalized spacial score (nSPS) is 29.0. The second kappa shape index (κ2) is 8.09. The number of hydrogen-bond donors (Lipinski definition) is 1. The number of para-hydroxylation sites is 1. The third-order valence-electron chi connectivity index (χ3n) is 10.7. The Morgan fingerprint density at radius 2 is 1.41 bits per heavy atom. The number of hydrogen-bond acceptors (Lipinski definition) is 1. The highest BCUT2D eigenvalue weighted by Gasteiger charge is 2.66. The molecule has 184 valence electrons. The van der Waals surface area contributed by atoms with E-state index in [1.54, 1.807) is 11.1 Å². The average molecular weight is 482 g/mol. The van der Waals surface area contributed by atoms with E-state index in [0.29, 0.717) is 5.41 Å². The van der Waals surface area contributed by atoms with Gasteiger partial charge in [0.05, 0.1) is 0 Å². The summed E-state index contributed by atoms with van der Waals surface area (Å²) in [7, 11) is 0. The predicted molar refractivity (Wildman–Crippen MR) is 154 cm³/mol. The number of anilines is 2. The SMILES string of the molecule is c1ccc(-c2ccccc2Nc2ccc3c(c2)C2(c4ccccc4-3)C3CCC4CCCC2(CC3)C4)cc1. The van der Waals surface area contributed by atoms with Crippen molar-refractivity contribution in [3.8, 4) is 22.3 Å². The van der Waals surface area contributed by atoms with Crippen molar-refractivity contribution in [3.05, 3.63) is 108 Å². The first kappa shape index (κ1) is 21.7. The minimum absolute atomic E-state index is 0.185. The Hall–Kier alpha value is -3.32. The molecule has 0 aliphatic heterocycles. The van der Waals surface area contributed by atoms with Crippen LogP contribution in [0.3, 0.4) is 0 Å². The Labute approximate surface area is 221 Å². The molecule has 0 radical (unpaired) electrons. The summed E-state index contributed by atoms with van der Waals surface area (Å²) in [6.07, 6.45) is 11.4. The molecule has 0 saturated heterocycles. The van der Waals surface area contributed by atoms with Crippen LogP contribution in [-0.4, -0.2) is 0 Å². The van der Waals surface area contributed by atoms with Gasteiger partial charge in [0.15, 0.2) is 0 Å². The number of fused-ring (bicyclic) bond motifs is 4. The van der Waals surface area contributed by atoms with Crippen LogP contribution in [-0.2, 0) is 5.41 Å². The fourth-order valence-electron chi connectivity index (χ4n) is 9.43. The molecular formula is C36H35N. The summed E-state index contributed by atoms with van der Waals surface area (Å²) in [5.41, 5.74) is 11.8. The van der Waals surface area contributed by atoms with E-state index in [-0.39, 0.29) is 5.41 Å². The van der Waals surface area contributed by atoms with Crippen molar-refractivity contribution in [2.45, 2.75) is 56.8 Å². The van der Waals surface area contributed by atoms with Gasteiger partial charge < -0.3 is 5.32 Å². The number of nitrogens with one attached hydrogen (secondary N) is 1. The van der Waals surface area contributed by atoms with Crippen LogP contribution in [0.4, 0.5) is 11.4 Å². The van der Waals surface area contributed by atoms with Crippen LogP contribution in [0.25, 0.3) is 22.3 Å². The highest BCUT2D eigenvalue weighted by Crippen LogP contribution is 2.73. The highest BCUT2D eigenvalue weighted by molar-refractivity contribution is 5.86. The van der Waals surface area contributed by atoms with Gasteiger partial charge in [0.1, 0.15) is 0 Å². The summed E-state index contributed by atoms with van der Waals surface area (Å²) >= 11 is 0. The van der Waals surface area contributed by atoms with E-state index < -0.39 is 0 Å². The van der Waals surface area contributed by atoms with Crippen LogP contribution in [0, 0.1) is 17.3 Å². The maximum atomic E-state index is 3.87. The zero-order valence-corrected chi connectivity index (χ0v) is 21.5. The molecule has 2 spiro atoms. The predicted octanol–water partition coefficient (Wildman–Crippen LogP) is 9.74. The Morgan fingerprint density at radius 1 is 0.622 bits per heavy atom. The highest BCUT2D eigenvalue weighted by atomic mass is 14.9. The topological polar surface area (TPSA) is 12.0 Å². The van der Waals surface area contributed by atoms with E-state index in [1.165, 1.54) is 85.0 Å². The van der Waals surface area contributed by atoms with Gasteiger partial charge in [0.2, 0.25) is 0 Å². The fraction of sp³-hybridized carbons (Fsp3) is 0.333. The van der Waals surface area contributed by atoms with Gasteiger partial charge in [0, 0.05) is 22.4 Å². The molecule has 3 fully saturated rings. The standard InChI is InChI=1S/C36H35N/c1-2-10-26(11-3-1)29-12-5-7-15-34(29)37-28-18-19-31-30-13-4-6-14-32(30)36(33(31)23-28)27-17-16-25-9-8-21-35(36,24-25)22-20-27/h1-7,10-15,18-19,23,25,27,37H,8-9,16-17,20-22,24H2. The van der Waals surface area contributed by atoms with Gasteiger partial charge in [-0.15, -0.1) is 0 Å². The van der Waals surface area contributed by atoms with Crippen molar-refractivity contribution >= 4 is 11.4 Å². The first-order chi connectivity index (χ1) is 18.3. The maximum Gasteiger partial charge on any atom is 0.0463 e. The van der Waals surface area contributed by atoms with Crippen LogP contribution in [0.15, 0.2) is 97.1 Å². The van der Waals surface area contributed by atoms with Crippen LogP contribution in [0.1, 0.15) is 62.5 Å². The number of benzene rings is 4. The molecule has 4 aromatic carbocycles. The summed E-state index contributed by atoms with van der Waals surface area (Å²) in [5, 5.41) is 3.87. The van der Waals surface area contributed by atoms with Crippen LogP contribution < -0.4 is 5.32 Å². The molecule has 0 aromatic heterocycles. The lowest BCUT2D eigenvalue weighted by Crippen LogP contribution is -2.46. The molecule has 37 heavy (non-hydrogen) atoms. The maximum absolute atomic E-state index is 3.87. The molecular weight excluding hydrogens is 446 g/mol. The van der Waals surface area contributed by atoms with Gasteiger partial charge in [-0.2, -0.15) is 0 Å². The summed E-state index contributed by atoms with van der Waals surface area (Å²) in [4.78, 5) is 0. The zero-order chi connectivity index (χ0) is 24.5. The average Bonchev–Trinajstić information content (AvgIpc) is 3.38. The summed E-state index contributed by atoms with van der Waals surface area (Å²) in [5.74, 6) is 1.70. The lowest BCUT2D eigenvalue weighted by molar-refractivity contribution is 0.0894. The molecule has 4 aliphatic carbocycles. The van der Waals surface area contributed by atoms with Crippen molar-refractivity contribution in [2.24, 2.45) is 17.3 Å². The quantitative estimate of drug-likeness (QED) is 0.307. The minimum Gasteiger partial charge on any atom is -0.355 e. The molecule has 3 saturated carbocycles. The summed E-state index contributed by atoms with van der Waals surface area (Å²) in [6.45, 7) is 0. The fourth-order valence-corrected chi connectivity index (χ4v) is 9.43. The van der Waals surface area contributed by atoms with E-state index in [0.717, 1.165) is 11.8 Å². The van der Waals surface area contributed by atoms with E-state index in [9.17, 15) is 0 Å². The molecule has 4 aliphatic rings. The molecule has 8 rings (SSSR count). The summed E-state index contributed by atoms with van der Waals surface area (Å²) in [6, 6.07) is 36.3. The molecule has 4 aromatic rings. The smallest absolute Gasteiger partial charge is 0.0463 e. The third-order valence-corrected chi connectivity index (χ3v) is 10.7. The molecule has 3 bridgehead atoms. The van der Waals surface area contributed by atoms with Gasteiger partial charge in [-0.25, -0.2) is 0 Å². The van der Waals surface area contributed by atoms with E-state index in [4.69, 9.17) is 0 Å². The first-order valence-corrected chi connectivity index (χ1v) is 14.4. The molecule has 1 N–H and O–H groups in total. The lowest BCUT2D eigenvalue weighted by atomic mass is 9.53. The van der Waals surface area contributed by atoms with Crippen LogP contribution >= 0.6 is 0 Å². The van der Waals surface area contributed by atoms with E-state index in [2.05, 4.69) is 102 Å². The minimum atomic E-state index is 0.185. The molecule has 0 amide bonds. The van der Waals surface area contributed by atoms with E-state index >= 15 is 0 Å². The van der Waals surface area contributed by atoms with E-state index in [1.807, 2.05) is 0 Å². The first-order valence-electron chi connectivity index (χ1n) is 14.4. The van der Waals surface area contributed by atoms with Crippen molar-refractivity contribution in [2.75, 3.05) is 5.32 Å². The second-order valence-corrected chi connectivity index (χ2v) is 12.2. The van der Waals surface area contributed by atoms with Gasteiger partial charge in [-0.05, 0) is 95.4 Å². The zero-order valence-electron chi connectivity index (χ0n) is 21.5. The lowest BCUT2D eigenvalue weighted by Gasteiger charge is -2.50. The third kappa shape index (κ3) is 2.98. The van der Waals surface area contributed by atoms with Crippen molar-refractivity contribution < 1.29 is 0 Å². The number of rotatable bonds is 3. The monoisotopic (exact) mass is 481 g/mol.